The summed E-state index contributed by atoms with van der Waals surface area (Å²) in [5, 5.41) is 4.61. The van der Waals surface area contributed by atoms with Crippen LogP contribution in [-0.2, 0) is 14.9 Å². The van der Waals surface area contributed by atoms with Crippen LogP contribution in [0.3, 0.4) is 0 Å². The lowest BCUT2D eigenvalue weighted by atomic mass is 9.87. The van der Waals surface area contributed by atoms with Gasteiger partial charge in [-0.25, -0.2) is 9.78 Å². The Bertz CT molecular complexity index is 963. The van der Waals surface area contributed by atoms with E-state index in [-0.39, 0.29) is 22.5 Å². The number of benzene rings is 1. The van der Waals surface area contributed by atoms with Gasteiger partial charge in [-0.2, -0.15) is 13.2 Å². The van der Waals surface area contributed by atoms with E-state index in [0.717, 1.165) is 5.56 Å². The molecular formula is C22H28F3N3O4P2. The van der Waals surface area contributed by atoms with Gasteiger partial charge in [0.25, 0.3) is 0 Å². The zero-order valence-electron chi connectivity index (χ0n) is 19.0. The summed E-state index contributed by atoms with van der Waals surface area (Å²) < 4.78 is 49.8. The number of pyridine rings is 1. The maximum absolute atomic E-state index is 13.2. The molecule has 0 spiro atoms. The van der Waals surface area contributed by atoms with Crippen molar-refractivity contribution < 1.29 is 32.2 Å². The molecule has 1 aromatic carbocycles. The van der Waals surface area contributed by atoms with E-state index < -0.39 is 37.1 Å². The number of halogens is 3. The Hall–Kier alpha value is -2.44. The summed E-state index contributed by atoms with van der Waals surface area (Å²) in [6, 6.07) is 10.4. The first-order valence-electron chi connectivity index (χ1n) is 10.3. The molecule has 3 atom stereocenters. The Morgan fingerprint density at radius 2 is 1.71 bits per heavy atom. The minimum atomic E-state index is -4.82. The summed E-state index contributed by atoms with van der Waals surface area (Å²) >= 11 is 0. The summed E-state index contributed by atoms with van der Waals surface area (Å²) in [6.07, 6.45) is -8.50. The molecule has 3 unspecified atom stereocenters. The normalized spacial score (nSPS) is 12.7. The minimum Gasteiger partial charge on any atom is -0.439 e. The van der Waals surface area contributed by atoms with Gasteiger partial charge in [0.1, 0.15) is 5.75 Å². The summed E-state index contributed by atoms with van der Waals surface area (Å²) in [5.74, 6) is 0.205. The van der Waals surface area contributed by atoms with Crippen molar-refractivity contribution in [3.63, 3.8) is 0 Å². The highest BCUT2D eigenvalue weighted by Crippen LogP contribution is 2.28. The van der Waals surface area contributed by atoms with Gasteiger partial charge >= 0.3 is 12.3 Å². The molecule has 0 aliphatic heterocycles. The molecule has 1 heterocycles. The van der Waals surface area contributed by atoms with Crippen LogP contribution < -0.4 is 15.4 Å². The number of amides is 2. The highest BCUT2D eigenvalue weighted by molar-refractivity contribution is 7.37. The van der Waals surface area contributed by atoms with Crippen molar-refractivity contribution in [2.75, 3.05) is 5.32 Å². The molecule has 0 fully saturated rings. The first-order valence-corrected chi connectivity index (χ1v) is 11.7. The molecule has 2 aromatic rings. The van der Waals surface area contributed by atoms with Gasteiger partial charge in [-0.3, -0.25) is 10.1 Å². The maximum atomic E-state index is 13.2. The number of rotatable bonds is 8. The van der Waals surface area contributed by atoms with Crippen LogP contribution in [-0.4, -0.2) is 34.8 Å². The van der Waals surface area contributed by atoms with Gasteiger partial charge in [0.15, 0.2) is 6.10 Å². The average molecular weight is 517 g/mol. The predicted molar refractivity (Wildman–Crippen MR) is 130 cm³/mol. The summed E-state index contributed by atoms with van der Waals surface area (Å²) in [7, 11) is 4.53. The molecule has 7 nitrogen and oxygen atoms in total. The van der Waals surface area contributed by atoms with Crippen LogP contribution in [0.15, 0.2) is 42.6 Å². The molecule has 34 heavy (non-hydrogen) atoms. The van der Waals surface area contributed by atoms with E-state index in [2.05, 4.69) is 59.6 Å². The lowest BCUT2D eigenvalue weighted by molar-refractivity contribution is -0.204. The number of carbonyl (C=O) groups is 2. The topological polar surface area (TPSA) is 89.5 Å². The SMILES string of the molecule is CC(C)(C)c1ccc(Oc2ccc(NC(=O)OC(CCC(=O)NC(P)P)C(F)(F)F)cn2)cc1. The summed E-state index contributed by atoms with van der Waals surface area (Å²) in [4.78, 5) is 27.6. The molecule has 0 aliphatic rings. The van der Waals surface area contributed by atoms with Crippen LogP contribution in [0.1, 0.15) is 39.2 Å². The molecule has 12 heteroatoms. The van der Waals surface area contributed by atoms with Crippen molar-refractivity contribution in [1.82, 2.24) is 10.3 Å². The first-order chi connectivity index (χ1) is 15.7. The van der Waals surface area contributed by atoms with Crippen molar-refractivity contribution in [3.8, 4) is 11.6 Å². The number of hydrogen-bond donors (Lipinski definition) is 2. The Kier molecular flexibility index (Phi) is 9.65. The highest BCUT2D eigenvalue weighted by Gasteiger charge is 2.43. The molecule has 2 amide bonds. The molecule has 0 aliphatic carbocycles. The van der Waals surface area contributed by atoms with E-state index in [0.29, 0.717) is 5.75 Å². The van der Waals surface area contributed by atoms with E-state index in [1.807, 2.05) is 24.3 Å². The van der Waals surface area contributed by atoms with Crippen LogP contribution in [0.2, 0.25) is 0 Å². The molecule has 0 radical (unpaired) electrons. The Morgan fingerprint density at radius 3 is 2.21 bits per heavy atom. The van der Waals surface area contributed by atoms with Gasteiger partial charge < -0.3 is 14.8 Å². The lowest BCUT2D eigenvalue weighted by Crippen LogP contribution is -2.37. The summed E-state index contributed by atoms with van der Waals surface area (Å²) in [6.45, 7) is 6.29. The molecule has 186 valence electrons. The fourth-order valence-corrected chi connectivity index (χ4v) is 3.12. The van der Waals surface area contributed by atoms with E-state index >= 15 is 0 Å². The number of aromatic nitrogens is 1. The third-order valence-electron chi connectivity index (χ3n) is 4.50. The molecule has 0 saturated heterocycles. The third-order valence-corrected chi connectivity index (χ3v) is 4.83. The van der Waals surface area contributed by atoms with Crippen molar-refractivity contribution in [2.45, 2.75) is 56.8 Å². The van der Waals surface area contributed by atoms with Crippen LogP contribution in [0.4, 0.5) is 23.7 Å². The molecule has 0 saturated carbocycles. The van der Waals surface area contributed by atoms with Crippen molar-refractivity contribution in [1.29, 1.82) is 0 Å². The number of ether oxygens (including phenoxy) is 2. The fraction of sp³-hybridized carbons (Fsp3) is 0.409. The van der Waals surface area contributed by atoms with Gasteiger partial charge in [0.05, 0.1) is 17.4 Å². The number of carbonyl (C=O) groups excluding carboxylic acids is 2. The quantitative estimate of drug-likeness (QED) is 0.447. The first kappa shape index (κ1) is 27.8. The van der Waals surface area contributed by atoms with Gasteiger partial charge in [-0.05, 0) is 29.2 Å². The van der Waals surface area contributed by atoms with Crippen LogP contribution in [0.5, 0.6) is 11.6 Å². The predicted octanol–water partition coefficient (Wildman–Crippen LogP) is 5.58. The van der Waals surface area contributed by atoms with Gasteiger partial charge in [0, 0.05) is 18.9 Å². The number of hydrogen-bond acceptors (Lipinski definition) is 5. The standard InChI is InChI=1S/C22H28F3N3O4P2/c1-21(2,3)13-4-7-15(8-5-13)31-18-11-6-14(12-26-18)27-19(30)32-16(22(23,24)25)9-10-17(29)28-20(33)34/h4-8,11-12,16,20H,9-10,33-34H2,1-3H3,(H,27,30)(H,28,29). The van der Waals surface area contributed by atoms with E-state index in [4.69, 9.17) is 4.74 Å². The molecule has 2 N–H and O–H groups in total. The second-order valence-electron chi connectivity index (χ2n) is 8.45. The van der Waals surface area contributed by atoms with Crippen molar-refractivity contribution in [3.05, 3.63) is 48.2 Å². The number of nitrogens with zero attached hydrogens (tertiary/aromatic N) is 1. The number of anilines is 1. The van der Waals surface area contributed by atoms with Gasteiger partial charge in [-0.1, -0.05) is 32.9 Å². The Morgan fingerprint density at radius 1 is 1.06 bits per heavy atom. The highest BCUT2D eigenvalue weighted by atomic mass is 31.1. The molecule has 1 aromatic heterocycles. The smallest absolute Gasteiger partial charge is 0.425 e. The fourth-order valence-electron chi connectivity index (χ4n) is 2.74. The number of nitrogens with one attached hydrogen (secondary N) is 2. The molecule has 0 bridgehead atoms. The monoisotopic (exact) mass is 517 g/mol. The van der Waals surface area contributed by atoms with E-state index in [1.165, 1.54) is 18.3 Å². The van der Waals surface area contributed by atoms with Gasteiger partial charge in [-0.15, -0.1) is 18.5 Å². The lowest BCUT2D eigenvalue weighted by Gasteiger charge is -2.21. The second kappa shape index (κ2) is 11.8. The zero-order chi connectivity index (χ0) is 25.5. The summed E-state index contributed by atoms with van der Waals surface area (Å²) in [5.41, 5.74) is 0.890. The van der Waals surface area contributed by atoms with Crippen LogP contribution in [0.25, 0.3) is 0 Å². The number of alkyl halides is 3. The third kappa shape index (κ3) is 9.43. The van der Waals surface area contributed by atoms with Crippen molar-refractivity contribution in [2.24, 2.45) is 0 Å². The van der Waals surface area contributed by atoms with E-state index in [1.54, 1.807) is 0 Å². The molecular weight excluding hydrogens is 489 g/mol. The Balaban J connectivity index is 1.93. The zero-order valence-corrected chi connectivity index (χ0v) is 21.3. The second-order valence-corrected chi connectivity index (χ2v) is 10.7. The van der Waals surface area contributed by atoms with Crippen molar-refractivity contribution >= 4 is 36.2 Å². The maximum Gasteiger partial charge on any atom is 0.425 e. The Labute approximate surface area is 201 Å². The largest absolute Gasteiger partial charge is 0.439 e. The van der Waals surface area contributed by atoms with Crippen LogP contribution >= 0.6 is 18.5 Å². The van der Waals surface area contributed by atoms with Crippen LogP contribution in [0, 0.1) is 0 Å². The minimum absolute atomic E-state index is 0.00263. The van der Waals surface area contributed by atoms with E-state index in [9.17, 15) is 22.8 Å². The van der Waals surface area contributed by atoms with Gasteiger partial charge in [0.2, 0.25) is 11.8 Å². The average Bonchev–Trinajstić information content (AvgIpc) is 2.71. The molecule has 2 rings (SSSR count).